The van der Waals surface area contributed by atoms with Crippen molar-refractivity contribution in [2.24, 2.45) is 0 Å². The zero-order valence-corrected chi connectivity index (χ0v) is 10.0. The third kappa shape index (κ3) is 2.32. The Kier molecular flexibility index (Phi) is 3.38. The summed E-state index contributed by atoms with van der Waals surface area (Å²) in [5, 5.41) is 14.1. The Morgan fingerprint density at radius 2 is 2.38 bits per heavy atom. The number of ether oxygens (including phenoxy) is 1. The van der Waals surface area contributed by atoms with Crippen LogP contribution in [0.2, 0.25) is 5.02 Å². The zero-order chi connectivity index (χ0) is 11.6. The van der Waals surface area contributed by atoms with Crippen molar-refractivity contribution in [1.29, 1.82) is 0 Å². The van der Waals surface area contributed by atoms with Crippen molar-refractivity contribution in [1.82, 2.24) is 5.32 Å². The van der Waals surface area contributed by atoms with Crippen molar-refractivity contribution in [2.75, 3.05) is 20.2 Å². The fourth-order valence-electron chi connectivity index (χ4n) is 2.11. The monoisotopic (exact) mass is 241 g/mol. The molecule has 0 spiro atoms. The maximum atomic E-state index is 10.3. The third-order valence-corrected chi connectivity index (χ3v) is 3.38. The molecule has 2 rings (SSSR count). The molecule has 1 saturated heterocycles. The van der Waals surface area contributed by atoms with Gasteiger partial charge in [0.1, 0.15) is 5.75 Å². The number of nitrogens with one attached hydrogen (secondary N) is 1. The fourth-order valence-corrected chi connectivity index (χ4v) is 2.34. The number of β-amino-alcohol motifs (C(OH)–C–C–N with tert-alkyl or cyclic N) is 1. The van der Waals surface area contributed by atoms with Crippen molar-refractivity contribution in [3.8, 4) is 5.75 Å². The molecule has 0 radical (unpaired) electrons. The Balaban J connectivity index is 2.26. The molecule has 0 amide bonds. The van der Waals surface area contributed by atoms with Crippen LogP contribution in [0, 0.1) is 0 Å². The van der Waals surface area contributed by atoms with Crippen LogP contribution in [-0.4, -0.2) is 30.9 Å². The fraction of sp³-hybridized carbons (Fsp3) is 0.500. The number of methoxy groups -OCH3 is 1. The van der Waals surface area contributed by atoms with Crippen molar-refractivity contribution >= 4 is 11.6 Å². The first-order valence-electron chi connectivity index (χ1n) is 5.39. The maximum Gasteiger partial charge on any atom is 0.123 e. The van der Waals surface area contributed by atoms with E-state index in [2.05, 4.69) is 5.32 Å². The molecule has 1 unspecified atom stereocenters. The molecule has 88 valence electrons. The lowest BCUT2D eigenvalue weighted by Gasteiger charge is -2.23. The summed E-state index contributed by atoms with van der Waals surface area (Å²) in [6, 6.07) is 5.54. The highest BCUT2D eigenvalue weighted by Crippen LogP contribution is 2.31. The molecule has 1 atom stereocenters. The number of hydrogen-bond donors (Lipinski definition) is 2. The van der Waals surface area contributed by atoms with Gasteiger partial charge in [-0.15, -0.1) is 0 Å². The molecular weight excluding hydrogens is 226 g/mol. The van der Waals surface area contributed by atoms with Crippen LogP contribution in [0.3, 0.4) is 0 Å². The molecule has 0 aliphatic carbocycles. The average molecular weight is 242 g/mol. The van der Waals surface area contributed by atoms with Gasteiger partial charge in [0, 0.05) is 23.6 Å². The number of benzene rings is 1. The van der Waals surface area contributed by atoms with E-state index in [9.17, 15) is 5.11 Å². The van der Waals surface area contributed by atoms with Crippen LogP contribution in [-0.2, 0) is 6.42 Å². The second-order valence-corrected chi connectivity index (χ2v) is 4.66. The number of aliphatic hydroxyl groups is 1. The molecule has 3 nitrogen and oxygen atoms in total. The van der Waals surface area contributed by atoms with E-state index in [-0.39, 0.29) is 0 Å². The largest absolute Gasteiger partial charge is 0.496 e. The van der Waals surface area contributed by atoms with Gasteiger partial charge in [-0.2, -0.15) is 0 Å². The normalized spacial score (nSPS) is 24.7. The highest BCUT2D eigenvalue weighted by molar-refractivity contribution is 6.31. The first-order chi connectivity index (χ1) is 7.64. The van der Waals surface area contributed by atoms with E-state index in [1.165, 1.54) is 0 Å². The standard InChI is InChI=1S/C12H16ClNO2/c1-16-11-4-2-3-10(13)9(11)7-12(15)5-6-14-8-12/h2-4,14-15H,5-8H2,1H3. The van der Waals surface area contributed by atoms with Crippen LogP contribution in [0.4, 0.5) is 0 Å². The summed E-state index contributed by atoms with van der Waals surface area (Å²) in [4.78, 5) is 0. The van der Waals surface area contributed by atoms with Gasteiger partial charge in [-0.05, 0) is 25.1 Å². The average Bonchev–Trinajstić information content (AvgIpc) is 2.68. The molecule has 0 aromatic heterocycles. The van der Waals surface area contributed by atoms with E-state index in [4.69, 9.17) is 16.3 Å². The van der Waals surface area contributed by atoms with Gasteiger partial charge in [0.25, 0.3) is 0 Å². The Morgan fingerprint density at radius 3 is 3.00 bits per heavy atom. The topological polar surface area (TPSA) is 41.5 Å². The minimum absolute atomic E-state index is 0.531. The smallest absolute Gasteiger partial charge is 0.123 e. The van der Waals surface area contributed by atoms with Gasteiger partial charge in [0.15, 0.2) is 0 Å². The molecule has 1 aromatic carbocycles. The van der Waals surface area contributed by atoms with Crippen LogP contribution in [0.1, 0.15) is 12.0 Å². The van der Waals surface area contributed by atoms with Crippen LogP contribution in [0.25, 0.3) is 0 Å². The van der Waals surface area contributed by atoms with Crippen LogP contribution >= 0.6 is 11.6 Å². The predicted molar refractivity (Wildman–Crippen MR) is 64.1 cm³/mol. The van der Waals surface area contributed by atoms with Gasteiger partial charge in [-0.3, -0.25) is 0 Å². The quantitative estimate of drug-likeness (QED) is 0.845. The molecule has 1 aliphatic rings. The number of halogens is 1. The van der Waals surface area contributed by atoms with Gasteiger partial charge >= 0.3 is 0 Å². The van der Waals surface area contributed by atoms with Crippen molar-refractivity contribution in [3.63, 3.8) is 0 Å². The van der Waals surface area contributed by atoms with Crippen molar-refractivity contribution in [2.45, 2.75) is 18.4 Å². The molecule has 16 heavy (non-hydrogen) atoms. The van der Waals surface area contributed by atoms with E-state index in [1.54, 1.807) is 7.11 Å². The summed E-state index contributed by atoms with van der Waals surface area (Å²) in [7, 11) is 1.62. The van der Waals surface area contributed by atoms with Crippen molar-refractivity contribution < 1.29 is 9.84 Å². The van der Waals surface area contributed by atoms with Gasteiger partial charge in [0.05, 0.1) is 12.7 Å². The predicted octanol–water partition coefficient (Wildman–Crippen LogP) is 1.62. The SMILES string of the molecule is COc1cccc(Cl)c1CC1(O)CCNC1. The van der Waals surface area contributed by atoms with Gasteiger partial charge in [-0.1, -0.05) is 17.7 Å². The Labute approximate surface area is 100 Å². The second kappa shape index (κ2) is 4.62. The van der Waals surface area contributed by atoms with Gasteiger partial charge in [0.2, 0.25) is 0 Å². The molecule has 0 saturated carbocycles. The molecule has 1 heterocycles. The molecule has 1 aliphatic heterocycles. The van der Waals surface area contributed by atoms with E-state index >= 15 is 0 Å². The minimum Gasteiger partial charge on any atom is -0.496 e. The van der Waals surface area contributed by atoms with Crippen LogP contribution < -0.4 is 10.1 Å². The number of rotatable bonds is 3. The summed E-state index contributed by atoms with van der Waals surface area (Å²) in [6.07, 6.45) is 1.28. The lowest BCUT2D eigenvalue weighted by atomic mass is 9.93. The zero-order valence-electron chi connectivity index (χ0n) is 9.29. The van der Waals surface area contributed by atoms with E-state index in [1.807, 2.05) is 18.2 Å². The Morgan fingerprint density at radius 1 is 1.56 bits per heavy atom. The molecule has 2 N–H and O–H groups in total. The Hall–Kier alpha value is -0.770. The van der Waals surface area contributed by atoms with Gasteiger partial charge in [-0.25, -0.2) is 0 Å². The molecule has 4 heteroatoms. The van der Waals surface area contributed by atoms with Crippen LogP contribution in [0.5, 0.6) is 5.75 Å². The highest BCUT2D eigenvalue weighted by Gasteiger charge is 2.32. The summed E-state index contributed by atoms with van der Waals surface area (Å²) in [5.74, 6) is 0.743. The molecule has 0 bridgehead atoms. The highest BCUT2D eigenvalue weighted by atomic mass is 35.5. The number of hydrogen-bond acceptors (Lipinski definition) is 3. The maximum absolute atomic E-state index is 10.3. The van der Waals surface area contributed by atoms with Gasteiger partial charge < -0.3 is 15.2 Å². The lowest BCUT2D eigenvalue weighted by Crippen LogP contribution is -2.34. The van der Waals surface area contributed by atoms with E-state index in [0.717, 1.165) is 24.3 Å². The lowest BCUT2D eigenvalue weighted by molar-refractivity contribution is 0.0613. The van der Waals surface area contributed by atoms with E-state index < -0.39 is 5.60 Å². The molecule has 1 fully saturated rings. The first-order valence-corrected chi connectivity index (χ1v) is 5.77. The van der Waals surface area contributed by atoms with Crippen molar-refractivity contribution in [3.05, 3.63) is 28.8 Å². The van der Waals surface area contributed by atoms with Crippen LogP contribution in [0.15, 0.2) is 18.2 Å². The molecular formula is C12H16ClNO2. The summed E-state index contributed by atoms with van der Waals surface area (Å²) in [5.41, 5.74) is 0.191. The summed E-state index contributed by atoms with van der Waals surface area (Å²) in [6.45, 7) is 1.46. The third-order valence-electron chi connectivity index (χ3n) is 3.02. The Bertz CT molecular complexity index is 375. The summed E-state index contributed by atoms with van der Waals surface area (Å²) < 4.78 is 5.27. The van der Waals surface area contributed by atoms with E-state index in [0.29, 0.717) is 18.0 Å². The second-order valence-electron chi connectivity index (χ2n) is 4.25. The first kappa shape index (κ1) is 11.7. The summed E-state index contributed by atoms with van der Waals surface area (Å²) >= 11 is 6.14. The molecule has 1 aromatic rings. The minimum atomic E-state index is -0.696.